The molecule has 0 aromatic carbocycles. The van der Waals surface area contributed by atoms with Crippen molar-refractivity contribution in [3.8, 4) is 0 Å². The van der Waals surface area contributed by atoms with Crippen LogP contribution in [0, 0.1) is 0 Å². The maximum Gasteiger partial charge on any atom is 0.475 e. The zero-order chi connectivity index (χ0) is 30.3. The third kappa shape index (κ3) is 12.8. The monoisotopic (exact) mass is 600 g/mol. The van der Waals surface area contributed by atoms with Crippen LogP contribution in [0.1, 0.15) is 117 Å². The zero-order valence-corrected chi connectivity index (χ0v) is 24.9. The van der Waals surface area contributed by atoms with E-state index < -0.39 is 62.1 Å². The second kappa shape index (κ2) is 18.9. The maximum atomic E-state index is 12.5. The Morgan fingerprint density at radius 1 is 0.725 bits per heavy atom. The van der Waals surface area contributed by atoms with Crippen molar-refractivity contribution in [3.05, 3.63) is 0 Å². The largest absolute Gasteiger partial charge is 0.475 e. The summed E-state index contributed by atoms with van der Waals surface area (Å²) >= 11 is 0. The van der Waals surface area contributed by atoms with Gasteiger partial charge in [0.05, 0.1) is 0 Å². The van der Waals surface area contributed by atoms with Crippen LogP contribution in [-0.4, -0.2) is 94.9 Å². The average molecular weight is 601 g/mol. The minimum Gasteiger partial charge on any atom is -0.387 e. The molecular weight excluding hydrogens is 547 g/mol. The van der Waals surface area contributed by atoms with Gasteiger partial charge >= 0.3 is 7.82 Å². The van der Waals surface area contributed by atoms with Crippen molar-refractivity contribution in [1.82, 2.24) is 0 Å². The fourth-order valence-corrected chi connectivity index (χ4v) is 5.84. The van der Waals surface area contributed by atoms with E-state index in [-0.39, 0.29) is 6.42 Å². The highest BCUT2D eigenvalue weighted by atomic mass is 31.2. The number of ketones is 1. The van der Waals surface area contributed by atoms with Crippen molar-refractivity contribution in [1.29, 1.82) is 0 Å². The van der Waals surface area contributed by atoms with Crippen LogP contribution in [0.15, 0.2) is 0 Å². The number of aliphatic hydroxyl groups excluding tert-OH is 6. The highest BCUT2D eigenvalue weighted by Crippen LogP contribution is 2.49. The summed E-state index contributed by atoms with van der Waals surface area (Å²) < 4.78 is 21.4. The average Bonchev–Trinajstić information content (AvgIpc) is 2.90. The predicted octanol–water partition coefficient (Wildman–Crippen LogP) is 2.21. The highest BCUT2D eigenvalue weighted by molar-refractivity contribution is 7.47. The van der Waals surface area contributed by atoms with Crippen molar-refractivity contribution in [3.63, 3.8) is 0 Å². The van der Waals surface area contributed by atoms with Crippen LogP contribution in [0.25, 0.3) is 0 Å². The maximum absolute atomic E-state index is 12.5. The summed E-state index contributed by atoms with van der Waals surface area (Å²) in [5.41, 5.74) is -2.56. The Morgan fingerprint density at radius 3 is 1.48 bits per heavy atom. The van der Waals surface area contributed by atoms with E-state index in [1.54, 1.807) is 0 Å². The molecule has 238 valence electrons. The van der Waals surface area contributed by atoms with Gasteiger partial charge in [-0.3, -0.25) is 13.8 Å². The van der Waals surface area contributed by atoms with E-state index in [0.29, 0.717) is 6.42 Å². The second-order valence-electron chi connectivity index (χ2n) is 11.2. The number of Topliss-reactive ketones (excluding diaryl/α,β-unsaturated/α-hetero) is 1. The zero-order valence-electron chi connectivity index (χ0n) is 24.0. The Kier molecular flexibility index (Phi) is 17.7. The molecule has 13 heteroatoms. The molecule has 0 aliphatic heterocycles. The fraction of sp³-hybridized carbons (Fsp3) is 0.963. The van der Waals surface area contributed by atoms with Gasteiger partial charge in [-0.15, -0.1) is 0 Å². The minimum atomic E-state index is -5.35. The van der Waals surface area contributed by atoms with E-state index in [0.717, 1.165) is 32.6 Å². The van der Waals surface area contributed by atoms with Gasteiger partial charge in [0.1, 0.15) is 36.6 Å². The van der Waals surface area contributed by atoms with Gasteiger partial charge in [-0.1, -0.05) is 96.8 Å². The number of unbranched alkanes of at least 4 members (excludes halogenated alkanes) is 14. The minimum absolute atomic E-state index is 0.0986. The van der Waals surface area contributed by atoms with Crippen LogP contribution in [-0.2, 0) is 18.4 Å². The smallest absolute Gasteiger partial charge is 0.387 e. The first-order chi connectivity index (χ1) is 18.8. The number of carbonyl (C=O) groups excluding carboxylic acids is 1. The van der Waals surface area contributed by atoms with E-state index in [9.17, 15) is 50.0 Å². The topological polar surface area (TPSA) is 214 Å². The fourth-order valence-electron chi connectivity index (χ4n) is 4.78. The van der Waals surface area contributed by atoms with Crippen LogP contribution in [0.5, 0.6) is 0 Å². The summed E-state index contributed by atoms with van der Waals surface area (Å²) in [7, 11) is -5.35. The lowest BCUT2D eigenvalue weighted by molar-refractivity contribution is -0.224. The lowest BCUT2D eigenvalue weighted by Gasteiger charge is -2.41. The molecular formula is C27H53O12P. The van der Waals surface area contributed by atoms with Crippen molar-refractivity contribution in [2.75, 3.05) is 0 Å². The van der Waals surface area contributed by atoms with Crippen molar-refractivity contribution < 1.29 is 59.0 Å². The first kappa shape index (κ1) is 37.5. The van der Waals surface area contributed by atoms with Gasteiger partial charge < -0.3 is 40.6 Å². The molecule has 0 radical (unpaired) electrons. The molecule has 1 rings (SSSR count). The van der Waals surface area contributed by atoms with Gasteiger partial charge in [0.25, 0.3) is 0 Å². The van der Waals surface area contributed by atoms with Gasteiger partial charge in [0.2, 0.25) is 6.29 Å². The second-order valence-corrected chi connectivity index (χ2v) is 12.6. The van der Waals surface area contributed by atoms with Crippen LogP contribution < -0.4 is 0 Å². The summed E-state index contributed by atoms with van der Waals surface area (Å²) in [5.74, 6) is -0.818. The lowest BCUT2D eigenvalue weighted by Crippen LogP contribution is -2.64. The molecule has 1 aliphatic rings. The molecule has 40 heavy (non-hydrogen) atoms. The van der Waals surface area contributed by atoms with Gasteiger partial charge in [-0.05, 0) is 13.3 Å². The normalized spacial score (nSPS) is 29.1. The van der Waals surface area contributed by atoms with Gasteiger partial charge in [-0.2, -0.15) is 0 Å². The number of hydrogen-bond acceptors (Lipinski definition) is 11. The Bertz CT molecular complexity index is 735. The third-order valence-electron chi connectivity index (χ3n) is 7.61. The van der Waals surface area contributed by atoms with Crippen LogP contribution >= 0.6 is 7.82 Å². The summed E-state index contributed by atoms with van der Waals surface area (Å²) in [6, 6.07) is 0. The molecule has 7 atom stereocenters. The summed E-state index contributed by atoms with van der Waals surface area (Å²) in [6.45, 7) is 3.14. The number of hydrogen-bond donors (Lipinski definition) is 8. The van der Waals surface area contributed by atoms with Gasteiger partial charge in [0, 0.05) is 6.42 Å². The molecule has 0 saturated heterocycles. The standard InChI is InChI=1S/C27H53O12P/c1-3-4-5-6-7-8-9-10-11-12-13-14-15-16-17-18-19(28)27(2,35)26(34)39-40(36,37)38-25-23(32)21(30)20(29)22(31)24(25)33/h20-26,29-35H,3-18H2,1-2H3,(H,36,37). The van der Waals surface area contributed by atoms with Crippen molar-refractivity contribution in [2.45, 2.75) is 165 Å². The van der Waals surface area contributed by atoms with Crippen molar-refractivity contribution >= 4 is 13.6 Å². The molecule has 0 bridgehead atoms. The Hall–Kier alpha value is -0.500. The number of rotatable bonds is 22. The molecule has 0 aromatic rings. The molecule has 0 amide bonds. The summed E-state index contributed by atoms with van der Waals surface area (Å²) in [4.78, 5) is 22.4. The molecule has 1 saturated carbocycles. The van der Waals surface area contributed by atoms with E-state index in [1.165, 1.54) is 64.2 Å². The number of phosphoric ester groups is 1. The van der Waals surface area contributed by atoms with Gasteiger partial charge in [0.15, 0.2) is 11.4 Å². The molecule has 8 N–H and O–H groups in total. The molecule has 1 aliphatic carbocycles. The van der Waals surface area contributed by atoms with E-state index in [4.69, 9.17) is 0 Å². The molecule has 12 nitrogen and oxygen atoms in total. The van der Waals surface area contributed by atoms with E-state index >= 15 is 0 Å². The summed E-state index contributed by atoms with van der Waals surface area (Å²) in [6.07, 6.45) is 2.33. The molecule has 0 spiro atoms. The summed E-state index contributed by atoms with van der Waals surface area (Å²) in [5, 5.41) is 69.5. The third-order valence-corrected chi connectivity index (χ3v) is 8.59. The lowest BCUT2D eigenvalue weighted by atomic mass is 9.85. The Labute approximate surface area is 238 Å². The first-order valence-corrected chi connectivity index (χ1v) is 16.3. The van der Waals surface area contributed by atoms with Crippen LogP contribution in [0.2, 0.25) is 0 Å². The molecule has 1 fully saturated rings. The quantitative estimate of drug-likeness (QED) is 0.0510. The van der Waals surface area contributed by atoms with E-state index in [1.807, 2.05) is 0 Å². The Morgan fingerprint density at radius 2 is 1.07 bits per heavy atom. The van der Waals surface area contributed by atoms with Gasteiger partial charge in [-0.25, -0.2) is 4.57 Å². The number of aliphatic hydroxyl groups is 7. The molecule has 7 unspecified atom stereocenters. The first-order valence-electron chi connectivity index (χ1n) is 14.8. The number of carbonyl (C=O) groups is 1. The highest BCUT2D eigenvalue weighted by Gasteiger charge is 2.52. The molecule has 0 aromatic heterocycles. The van der Waals surface area contributed by atoms with Crippen molar-refractivity contribution in [2.24, 2.45) is 0 Å². The predicted molar refractivity (Wildman–Crippen MR) is 147 cm³/mol. The van der Waals surface area contributed by atoms with E-state index in [2.05, 4.69) is 16.0 Å². The Balaban J connectivity index is 2.28. The van der Waals surface area contributed by atoms with Crippen LogP contribution in [0.4, 0.5) is 0 Å². The number of phosphoric acid groups is 1. The SMILES string of the molecule is CCCCCCCCCCCCCCCCCC(=O)C(C)(O)C(O)OP(=O)(O)OC1C(O)C(O)C(O)C(O)C1O. The van der Waals surface area contributed by atoms with Crippen LogP contribution in [0.3, 0.4) is 0 Å². The molecule has 0 heterocycles.